The van der Waals surface area contributed by atoms with E-state index in [1.807, 2.05) is 20.9 Å². The Morgan fingerprint density at radius 1 is 1.25 bits per heavy atom. The van der Waals surface area contributed by atoms with Crippen molar-refractivity contribution in [3.63, 3.8) is 0 Å². The van der Waals surface area contributed by atoms with Gasteiger partial charge in [0, 0.05) is 24.5 Å². The number of hydrogen-bond donors (Lipinski definition) is 0. The van der Waals surface area contributed by atoms with Gasteiger partial charge in [0.1, 0.15) is 0 Å². The molecule has 0 unspecified atom stereocenters. The first-order chi connectivity index (χ1) is 7.47. The first-order valence-electron chi connectivity index (χ1n) is 5.36. The minimum Gasteiger partial charge on any atom is -0.341 e. The second kappa shape index (κ2) is 5.48. The normalized spacial score (nSPS) is 10.3. The zero-order valence-corrected chi connectivity index (χ0v) is 11.9. The molecule has 1 aromatic carbocycles. The van der Waals surface area contributed by atoms with Gasteiger partial charge in [0.2, 0.25) is 0 Å². The van der Waals surface area contributed by atoms with Crippen LogP contribution in [-0.2, 0) is 0 Å². The molecule has 0 saturated heterocycles. The fourth-order valence-corrected chi connectivity index (χ4v) is 2.47. The fourth-order valence-electron chi connectivity index (χ4n) is 1.94. The number of halogens is 1. The molecule has 0 atom stereocenters. The van der Waals surface area contributed by atoms with Crippen LogP contribution in [-0.4, -0.2) is 29.7 Å². The number of hydrogen-bond acceptors (Lipinski definition) is 1. The van der Waals surface area contributed by atoms with E-state index in [1.165, 1.54) is 5.56 Å². The summed E-state index contributed by atoms with van der Waals surface area (Å²) in [5, 5.41) is 0.805. The van der Waals surface area contributed by atoms with E-state index in [0.29, 0.717) is 0 Å². The van der Waals surface area contributed by atoms with Crippen molar-refractivity contribution in [2.75, 3.05) is 18.9 Å². The highest BCUT2D eigenvalue weighted by molar-refractivity contribution is 9.09. The van der Waals surface area contributed by atoms with Crippen molar-refractivity contribution in [1.82, 2.24) is 4.90 Å². The maximum Gasteiger partial charge on any atom is 0.254 e. The summed E-state index contributed by atoms with van der Waals surface area (Å²) >= 11 is 3.35. The lowest BCUT2D eigenvalue weighted by Gasteiger charge is -2.19. The first-order valence-corrected chi connectivity index (χ1v) is 6.48. The van der Waals surface area contributed by atoms with Gasteiger partial charge >= 0.3 is 0 Å². The molecule has 0 aliphatic rings. The molecule has 0 radical (unpaired) electrons. The highest BCUT2D eigenvalue weighted by Crippen LogP contribution is 2.18. The molecule has 16 heavy (non-hydrogen) atoms. The van der Waals surface area contributed by atoms with E-state index in [9.17, 15) is 4.79 Å². The van der Waals surface area contributed by atoms with Crippen molar-refractivity contribution < 1.29 is 4.79 Å². The molecule has 2 nitrogen and oxygen atoms in total. The van der Waals surface area contributed by atoms with E-state index in [1.54, 1.807) is 4.90 Å². The molecule has 0 bridgehead atoms. The molecule has 1 rings (SSSR count). The monoisotopic (exact) mass is 283 g/mol. The minimum atomic E-state index is 0.106. The van der Waals surface area contributed by atoms with Gasteiger partial charge < -0.3 is 4.90 Å². The molecule has 88 valence electrons. The van der Waals surface area contributed by atoms with Gasteiger partial charge in [0.15, 0.2) is 0 Å². The van der Waals surface area contributed by atoms with Gasteiger partial charge in [-0.3, -0.25) is 4.79 Å². The lowest BCUT2D eigenvalue weighted by Crippen LogP contribution is -2.29. The summed E-state index contributed by atoms with van der Waals surface area (Å²) in [6.45, 7) is 6.77. The van der Waals surface area contributed by atoms with Crippen molar-refractivity contribution in [2.45, 2.75) is 20.8 Å². The van der Waals surface area contributed by atoms with E-state index < -0.39 is 0 Å². The predicted octanol–water partition coefficient (Wildman–Crippen LogP) is 3.08. The number of rotatable bonds is 3. The smallest absolute Gasteiger partial charge is 0.254 e. The molecule has 0 fully saturated rings. The molecule has 0 saturated carbocycles. The minimum absolute atomic E-state index is 0.106. The lowest BCUT2D eigenvalue weighted by atomic mass is 9.99. The quantitative estimate of drug-likeness (QED) is 0.781. The SMILES string of the molecule is Cc1cc(C)c(C(=O)N(C)CCBr)c(C)c1. The standard InChI is InChI=1S/C13H18BrNO/c1-9-7-10(2)12(11(3)8-9)13(16)15(4)6-5-14/h7-8H,5-6H2,1-4H3. The lowest BCUT2D eigenvalue weighted by molar-refractivity contribution is 0.0802. The summed E-state index contributed by atoms with van der Waals surface area (Å²) in [6, 6.07) is 4.12. The molecule has 1 amide bonds. The van der Waals surface area contributed by atoms with Gasteiger partial charge in [-0.15, -0.1) is 0 Å². The van der Waals surface area contributed by atoms with Gasteiger partial charge in [0.05, 0.1) is 0 Å². The Morgan fingerprint density at radius 3 is 2.19 bits per heavy atom. The summed E-state index contributed by atoms with van der Waals surface area (Å²) in [6.07, 6.45) is 0. The van der Waals surface area contributed by atoms with Crippen LogP contribution in [0.5, 0.6) is 0 Å². The maximum atomic E-state index is 12.2. The fraction of sp³-hybridized carbons (Fsp3) is 0.462. The summed E-state index contributed by atoms with van der Waals surface area (Å²) in [4.78, 5) is 13.9. The average molecular weight is 284 g/mol. The van der Waals surface area contributed by atoms with Gasteiger partial charge in [-0.05, 0) is 31.9 Å². The van der Waals surface area contributed by atoms with E-state index in [0.717, 1.165) is 28.6 Å². The number of aryl methyl sites for hydroxylation is 3. The average Bonchev–Trinajstić information content (AvgIpc) is 2.16. The second-order valence-electron chi connectivity index (χ2n) is 4.19. The molecule has 1 aromatic rings. The van der Waals surface area contributed by atoms with Crippen molar-refractivity contribution in [3.8, 4) is 0 Å². The Balaban J connectivity index is 3.08. The number of carbonyl (C=O) groups excluding carboxylic acids is 1. The Hall–Kier alpha value is -0.830. The van der Waals surface area contributed by atoms with E-state index in [2.05, 4.69) is 35.0 Å². The van der Waals surface area contributed by atoms with Crippen LogP contribution >= 0.6 is 15.9 Å². The van der Waals surface area contributed by atoms with Crippen LogP contribution in [0.1, 0.15) is 27.0 Å². The summed E-state index contributed by atoms with van der Waals surface area (Å²) in [5.74, 6) is 0.106. The van der Waals surface area contributed by atoms with E-state index in [4.69, 9.17) is 0 Å². The topological polar surface area (TPSA) is 20.3 Å². The largest absolute Gasteiger partial charge is 0.341 e. The third-order valence-electron chi connectivity index (χ3n) is 2.66. The van der Waals surface area contributed by atoms with Crippen molar-refractivity contribution in [3.05, 3.63) is 34.4 Å². The van der Waals surface area contributed by atoms with Crippen molar-refractivity contribution in [2.24, 2.45) is 0 Å². The van der Waals surface area contributed by atoms with Crippen LogP contribution in [0.3, 0.4) is 0 Å². The van der Waals surface area contributed by atoms with Crippen LogP contribution in [0.4, 0.5) is 0 Å². The van der Waals surface area contributed by atoms with Gasteiger partial charge in [-0.25, -0.2) is 0 Å². The van der Waals surface area contributed by atoms with Gasteiger partial charge in [0.25, 0.3) is 5.91 Å². The molecule has 0 spiro atoms. The molecule has 0 aliphatic carbocycles. The van der Waals surface area contributed by atoms with Crippen LogP contribution in [0, 0.1) is 20.8 Å². The second-order valence-corrected chi connectivity index (χ2v) is 4.98. The van der Waals surface area contributed by atoms with E-state index >= 15 is 0 Å². The van der Waals surface area contributed by atoms with Crippen molar-refractivity contribution in [1.29, 1.82) is 0 Å². The van der Waals surface area contributed by atoms with E-state index in [-0.39, 0.29) is 5.91 Å². The Kier molecular flexibility index (Phi) is 4.54. The number of nitrogens with zero attached hydrogens (tertiary/aromatic N) is 1. The van der Waals surface area contributed by atoms with Crippen LogP contribution in [0.25, 0.3) is 0 Å². The molecule has 0 heterocycles. The van der Waals surface area contributed by atoms with Crippen LogP contribution in [0.2, 0.25) is 0 Å². The first kappa shape index (κ1) is 13.2. The molecule has 0 aromatic heterocycles. The van der Waals surface area contributed by atoms with Gasteiger partial charge in [-0.1, -0.05) is 33.6 Å². The Labute approximate surface area is 106 Å². The highest BCUT2D eigenvalue weighted by atomic mass is 79.9. The van der Waals surface area contributed by atoms with Crippen LogP contribution < -0.4 is 0 Å². The van der Waals surface area contributed by atoms with Gasteiger partial charge in [-0.2, -0.15) is 0 Å². The zero-order valence-electron chi connectivity index (χ0n) is 10.3. The van der Waals surface area contributed by atoms with Crippen LogP contribution in [0.15, 0.2) is 12.1 Å². The number of benzene rings is 1. The number of alkyl halides is 1. The highest BCUT2D eigenvalue weighted by Gasteiger charge is 2.16. The number of amides is 1. The Bertz CT molecular complexity index is 378. The molecular weight excluding hydrogens is 266 g/mol. The third-order valence-corrected chi connectivity index (χ3v) is 3.01. The predicted molar refractivity (Wildman–Crippen MR) is 71.4 cm³/mol. The number of carbonyl (C=O) groups is 1. The summed E-state index contributed by atoms with van der Waals surface area (Å²) in [7, 11) is 1.84. The third kappa shape index (κ3) is 2.85. The molecule has 3 heteroatoms. The van der Waals surface area contributed by atoms with Crippen molar-refractivity contribution >= 4 is 21.8 Å². The molecule has 0 N–H and O–H groups in total. The Morgan fingerprint density at radius 2 is 1.75 bits per heavy atom. The maximum absolute atomic E-state index is 12.2. The molecular formula is C13H18BrNO. The molecule has 0 aliphatic heterocycles. The zero-order chi connectivity index (χ0) is 12.3. The summed E-state index contributed by atoms with van der Waals surface area (Å²) in [5.41, 5.74) is 4.16. The summed E-state index contributed by atoms with van der Waals surface area (Å²) < 4.78 is 0.